The highest BCUT2D eigenvalue weighted by Gasteiger charge is 2.40. The van der Waals surface area contributed by atoms with Gasteiger partial charge in [0.1, 0.15) is 5.82 Å². The van der Waals surface area contributed by atoms with Gasteiger partial charge in [0.25, 0.3) is 0 Å². The van der Waals surface area contributed by atoms with Crippen molar-refractivity contribution in [1.82, 2.24) is 5.32 Å². The molecule has 4 N–H and O–H groups in total. The number of benzene rings is 1. The molecule has 3 unspecified atom stereocenters. The van der Waals surface area contributed by atoms with Gasteiger partial charge in [-0.1, -0.05) is 18.6 Å². The van der Waals surface area contributed by atoms with Gasteiger partial charge in [-0.2, -0.15) is 0 Å². The molecule has 2 saturated carbocycles. The predicted molar refractivity (Wildman–Crippen MR) is 85.9 cm³/mol. The molecule has 2 aliphatic carbocycles. The van der Waals surface area contributed by atoms with Crippen LogP contribution in [0.25, 0.3) is 0 Å². The first-order valence-corrected chi connectivity index (χ1v) is 8.51. The largest absolute Gasteiger partial charge is 0.387 e. The van der Waals surface area contributed by atoms with Crippen molar-refractivity contribution in [2.75, 3.05) is 6.54 Å². The quantitative estimate of drug-likeness (QED) is 0.795. The summed E-state index contributed by atoms with van der Waals surface area (Å²) in [6.45, 7) is 0.155. The molecule has 1 amide bonds. The second-order valence-corrected chi connectivity index (χ2v) is 7.01. The number of aliphatic hydroxyl groups is 1. The SMILES string of the molecule is NC1C2CCCC1CC(C(=O)NCC(O)c1ccc(F)cc1)C2. The Balaban J connectivity index is 1.52. The smallest absolute Gasteiger partial charge is 0.223 e. The van der Waals surface area contributed by atoms with E-state index in [2.05, 4.69) is 5.32 Å². The molecule has 0 heterocycles. The lowest BCUT2D eigenvalue weighted by Gasteiger charge is -2.43. The van der Waals surface area contributed by atoms with E-state index >= 15 is 0 Å². The maximum Gasteiger partial charge on any atom is 0.223 e. The fourth-order valence-electron chi connectivity index (χ4n) is 4.15. The lowest BCUT2D eigenvalue weighted by Crippen LogP contribution is -2.49. The first-order valence-electron chi connectivity index (χ1n) is 8.51. The topological polar surface area (TPSA) is 75.4 Å². The zero-order valence-electron chi connectivity index (χ0n) is 13.2. The third-order valence-electron chi connectivity index (χ3n) is 5.51. The second kappa shape index (κ2) is 6.97. The Hall–Kier alpha value is -1.46. The fourth-order valence-corrected chi connectivity index (χ4v) is 4.15. The molecule has 1 aromatic rings. The lowest BCUT2D eigenvalue weighted by molar-refractivity contribution is -0.128. The summed E-state index contributed by atoms with van der Waals surface area (Å²) in [6.07, 6.45) is 4.37. The standard InChI is InChI=1S/C18H25FN2O2/c19-15-6-4-11(5-7-15)16(22)10-21-18(23)14-8-12-2-1-3-13(9-14)17(12)20/h4-7,12-14,16-17,22H,1-3,8-10,20H2,(H,21,23). The van der Waals surface area contributed by atoms with Crippen molar-refractivity contribution < 1.29 is 14.3 Å². The van der Waals surface area contributed by atoms with Gasteiger partial charge in [-0.15, -0.1) is 0 Å². The molecule has 5 heteroatoms. The van der Waals surface area contributed by atoms with Crippen molar-refractivity contribution in [2.24, 2.45) is 23.5 Å². The van der Waals surface area contributed by atoms with Crippen molar-refractivity contribution in [1.29, 1.82) is 0 Å². The molecule has 2 fully saturated rings. The van der Waals surface area contributed by atoms with Gasteiger partial charge in [-0.3, -0.25) is 4.79 Å². The maximum absolute atomic E-state index is 12.9. The van der Waals surface area contributed by atoms with Gasteiger partial charge in [0.15, 0.2) is 0 Å². The summed E-state index contributed by atoms with van der Waals surface area (Å²) < 4.78 is 12.9. The number of halogens is 1. The summed E-state index contributed by atoms with van der Waals surface area (Å²) in [5.41, 5.74) is 6.86. The minimum atomic E-state index is -0.815. The molecule has 2 aliphatic rings. The number of rotatable bonds is 4. The van der Waals surface area contributed by atoms with Crippen LogP contribution in [0, 0.1) is 23.6 Å². The number of carbonyl (C=O) groups is 1. The van der Waals surface area contributed by atoms with Crippen LogP contribution in [0.4, 0.5) is 4.39 Å². The molecule has 4 nitrogen and oxygen atoms in total. The second-order valence-electron chi connectivity index (χ2n) is 7.01. The number of aliphatic hydroxyl groups excluding tert-OH is 1. The normalized spacial score (nSPS) is 31.4. The third kappa shape index (κ3) is 3.72. The summed E-state index contributed by atoms with van der Waals surface area (Å²) in [4.78, 5) is 12.4. The average molecular weight is 320 g/mol. The molecule has 23 heavy (non-hydrogen) atoms. The molecule has 0 radical (unpaired) electrons. The van der Waals surface area contributed by atoms with Gasteiger partial charge >= 0.3 is 0 Å². The van der Waals surface area contributed by atoms with Crippen molar-refractivity contribution in [2.45, 2.75) is 44.2 Å². The van der Waals surface area contributed by atoms with E-state index in [4.69, 9.17) is 5.73 Å². The van der Waals surface area contributed by atoms with Crippen LogP contribution >= 0.6 is 0 Å². The maximum atomic E-state index is 12.9. The van der Waals surface area contributed by atoms with E-state index < -0.39 is 6.10 Å². The summed E-state index contributed by atoms with van der Waals surface area (Å²) in [5, 5.41) is 13.0. The Kier molecular flexibility index (Phi) is 4.97. The van der Waals surface area contributed by atoms with Crippen molar-refractivity contribution in [3.8, 4) is 0 Å². The van der Waals surface area contributed by atoms with Crippen LogP contribution in [0.5, 0.6) is 0 Å². The van der Waals surface area contributed by atoms with Crippen molar-refractivity contribution in [3.05, 3.63) is 35.6 Å². The zero-order valence-corrected chi connectivity index (χ0v) is 13.2. The molecular weight excluding hydrogens is 295 g/mol. The number of hydrogen-bond donors (Lipinski definition) is 3. The number of hydrogen-bond acceptors (Lipinski definition) is 3. The van der Waals surface area contributed by atoms with Gasteiger partial charge in [0, 0.05) is 18.5 Å². The molecule has 0 aromatic heterocycles. The van der Waals surface area contributed by atoms with E-state index in [1.54, 1.807) is 0 Å². The number of nitrogens with one attached hydrogen (secondary N) is 1. The minimum Gasteiger partial charge on any atom is -0.387 e. The molecule has 126 valence electrons. The molecule has 0 spiro atoms. The van der Waals surface area contributed by atoms with E-state index in [9.17, 15) is 14.3 Å². The highest BCUT2D eigenvalue weighted by Crippen LogP contribution is 2.41. The monoisotopic (exact) mass is 320 g/mol. The Morgan fingerprint density at radius 2 is 1.87 bits per heavy atom. The highest BCUT2D eigenvalue weighted by atomic mass is 19.1. The van der Waals surface area contributed by atoms with Gasteiger partial charge < -0.3 is 16.2 Å². The van der Waals surface area contributed by atoms with Gasteiger partial charge in [0.2, 0.25) is 5.91 Å². The number of carbonyl (C=O) groups excluding carboxylic acids is 1. The first kappa shape index (κ1) is 16.4. The predicted octanol–water partition coefficient (Wildman–Crippen LogP) is 2.13. The highest BCUT2D eigenvalue weighted by molar-refractivity contribution is 5.78. The summed E-state index contributed by atoms with van der Waals surface area (Å²) >= 11 is 0. The molecule has 3 rings (SSSR count). The summed E-state index contributed by atoms with van der Waals surface area (Å²) in [5.74, 6) is 0.594. The molecule has 3 atom stereocenters. The Bertz CT molecular complexity index is 534. The average Bonchev–Trinajstić information content (AvgIpc) is 2.52. The van der Waals surface area contributed by atoms with Crippen molar-refractivity contribution >= 4 is 5.91 Å². The van der Waals surface area contributed by atoms with Gasteiger partial charge in [-0.05, 0) is 55.2 Å². The molecule has 0 aliphatic heterocycles. The van der Waals surface area contributed by atoms with Crippen LogP contribution < -0.4 is 11.1 Å². The first-order chi connectivity index (χ1) is 11.0. The molecular formula is C18H25FN2O2. The summed E-state index contributed by atoms with van der Waals surface area (Å²) in [7, 11) is 0. The van der Waals surface area contributed by atoms with E-state index in [1.165, 1.54) is 30.7 Å². The van der Waals surface area contributed by atoms with Crippen molar-refractivity contribution in [3.63, 3.8) is 0 Å². The van der Waals surface area contributed by atoms with Crippen LogP contribution in [0.1, 0.15) is 43.8 Å². The minimum absolute atomic E-state index is 0.00511. The van der Waals surface area contributed by atoms with E-state index in [-0.39, 0.29) is 30.2 Å². The fraction of sp³-hybridized carbons (Fsp3) is 0.611. The van der Waals surface area contributed by atoms with E-state index in [0.717, 1.165) is 25.7 Å². The molecule has 0 saturated heterocycles. The summed E-state index contributed by atoms with van der Waals surface area (Å²) in [6, 6.07) is 5.94. The van der Waals surface area contributed by atoms with Gasteiger partial charge in [-0.25, -0.2) is 4.39 Å². The number of fused-ring (bicyclic) bond motifs is 2. The van der Waals surface area contributed by atoms with Crippen LogP contribution in [0.15, 0.2) is 24.3 Å². The molecule has 1 aromatic carbocycles. The Labute approximate surface area is 136 Å². The number of amides is 1. The zero-order chi connectivity index (χ0) is 16.4. The van der Waals surface area contributed by atoms with E-state index in [0.29, 0.717) is 17.4 Å². The lowest BCUT2D eigenvalue weighted by atomic mass is 9.65. The van der Waals surface area contributed by atoms with Crippen LogP contribution in [0.2, 0.25) is 0 Å². The van der Waals surface area contributed by atoms with Gasteiger partial charge in [0.05, 0.1) is 6.10 Å². The Morgan fingerprint density at radius 1 is 1.26 bits per heavy atom. The van der Waals surface area contributed by atoms with Crippen LogP contribution in [-0.4, -0.2) is 23.6 Å². The molecule has 2 bridgehead atoms. The Morgan fingerprint density at radius 3 is 2.48 bits per heavy atom. The number of nitrogens with two attached hydrogens (primary N) is 1. The van der Waals surface area contributed by atoms with Crippen LogP contribution in [0.3, 0.4) is 0 Å². The van der Waals surface area contributed by atoms with Crippen LogP contribution in [-0.2, 0) is 4.79 Å². The third-order valence-corrected chi connectivity index (χ3v) is 5.51. The van der Waals surface area contributed by atoms with E-state index in [1.807, 2.05) is 0 Å².